The Labute approximate surface area is 105 Å². The third kappa shape index (κ3) is 6.02. The molecule has 0 heterocycles. The largest absolute Gasteiger partial charge is 0.354 e. The topological polar surface area (TPSA) is 66.5 Å². The van der Waals surface area contributed by atoms with Crippen molar-refractivity contribution in [3.05, 3.63) is 0 Å². The van der Waals surface area contributed by atoms with Crippen LogP contribution in [0.5, 0.6) is 0 Å². The Balaban J connectivity index is 4.33. The number of nitrogens with zero attached hydrogens (tertiary/aromatic N) is 1. The second-order valence-corrected chi connectivity index (χ2v) is 7.41. The van der Waals surface area contributed by atoms with Gasteiger partial charge in [0.1, 0.15) is 0 Å². The lowest BCUT2D eigenvalue weighted by Crippen LogP contribution is -2.44. The van der Waals surface area contributed by atoms with Gasteiger partial charge >= 0.3 is 0 Å². The smallest absolute Gasteiger partial charge is 0.225 e. The predicted octanol–water partition coefficient (Wildman–Crippen LogP) is 0.819. The molecule has 0 unspecified atom stereocenters. The first kappa shape index (κ1) is 16.4. The van der Waals surface area contributed by atoms with E-state index < -0.39 is 15.4 Å². The molecule has 0 spiro atoms. The first-order chi connectivity index (χ1) is 7.46. The number of hydrogen-bond acceptors (Lipinski definition) is 3. The van der Waals surface area contributed by atoms with Crippen LogP contribution in [0.2, 0.25) is 0 Å². The van der Waals surface area contributed by atoms with Gasteiger partial charge in [0, 0.05) is 24.5 Å². The molecule has 0 aromatic heterocycles. The van der Waals surface area contributed by atoms with Gasteiger partial charge in [-0.3, -0.25) is 4.79 Å². The summed E-state index contributed by atoms with van der Waals surface area (Å²) in [5.41, 5.74) is -0.451. The first-order valence-electron chi connectivity index (χ1n) is 5.71. The van der Waals surface area contributed by atoms with Crippen LogP contribution in [-0.4, -0.2) is 44.0 Å². The second-order valence-electron chi connectivity index (χ2n) is 5.47. The van der Waals surface area contributed by atoms with Crippen LogP contribution >= 0.6 is 0 Å². The van der Waals surface area contributed by atoms with E-state index in [9.17, 15) is 13.2 Å². The summed E-state index contributed by atoms with van der Waals surface area (Å²) < 4.78 is 24.3. The third-order valence-corrected chi connectivity index (χ3v) is 3.76. The molecular weight excluding hydrogens is 240 g/mol. The van der Waals surface area contributed by atoms with Gasteiger partial charge < -0.3 is 5.32 Å². The van der Waals surface area contributed by atoms with Crippen LogP contribution in [0, 0.1) is 5.41 Å². The molecule has 0 aliphatic heterocycles. The fourth-order valence-electron chi connectivity index (χ4n) is 1.35. The van der Waals surface area contributed by atoms with Gasteiger partial charge in [0.05, 0.1) is 6.26 Å². The van der Waals surface area contributed by atoms with Crippen LogP contribution < -0.4 is 5.32 Å². The Hall–Kier alpha value is -0.620. The highest BCUT2D eigenvalue weighted by Gasteiger charge is 2.23. The SMILES string of the molecule is CC(C)N(CCNC(=O)C(C)(C)C)S(C)(=O)=O. The van der Waals surface area contributed by atoms with Crippen molar-refractivity contribution in [2.75, 3.05) is 19.3 Å². The number of nitrogens with one attached hydrogen (secondary N) is 1. The average molecular weight is 264 g/mol. The van der Waals surface area contributed by atoms with E-state index in [2.05, 4.69) is 5.32 Å². The van der Waals surface area contributed by atoms with E-state index in [0.717, 1.165) is 0 Å². The van der Waals surface area contributed by atoms with Gasteiger partial charge in [-0.05, 0) is 13.8 Å². The van der Waals surface area contributed by atoms with Crippen molar-refractivity contribution < 1.29 is 13.2 Å². The van der Waals surface area contributed by atoms with Crippen molar-refractivity contribution in [3.8, 4) is 0 Å². The molecule has 0 bridgehead atoms. The van der Waals surface area contributed by atoms with Crippen molar-refractivity contribution in [1.82, 2.24) is 9.62 Å². The predicted molar refractivity (Wildman–Crippen MR) is 69.2 cm³/mol. The number of sulfonamides is 1. The summed E-state index contributed by atoms with van der Waals surface area (Å²) in [7, 11) is -3.22. The molecule has 17 heavy (non-hydrogen) atoms. The molecule has 0 rings (SSSR count). The van der Waals surface area contributed by atoms with Gasteiger partial charge in [-0.25, -0.2) is 8.42 Å². The minimum Gasteiger partial charge on any atom is -0.354 e. The van der Waals surface area contributed by atoms with E-state index in [0.29, 0.717) is 13.1 Å². The molecule has 0 fully saturated rings. The summed E-state index contributed by atoms with van der Waals surface area (Å²) in [4.78, 5) is 11.6. The highest BCUT2D eigenvalue weighted by Crippen LogP contribution is 2.12. The minimum atomic E-state index is -3.22. The maximum absolute atomic E-state index is 11.6. The fourth-order valence-corrected chi connectivity index (χ4v) is 2.54. The minimum absolute atomic E-state index is 0.0743. The molecule has 102 valence electrons. The normalized spacial score (nSPS) is 13.2. The molecule has 1 amide bonds. The van der Waals surface area contributed by atoms with Crippen molar-refractivity contribution in [1.29, 1.82) is 0 Å². The number of rotatable bonds is 5. The lowest BCUT2D eigenvalue weighted by molar-refractivity contribution is -0.128. The molecule has 0 aliphatic rings. The number of carbonyl (C=O) groups is 1. The highest BCUT2D eigenvalue weighted by molar-refractivity contribution is 7.88. The van der Waals surface area contributed by atoms with Crippen molar-refractivity contribution in [2.24, 2.45) is 5.41 Å². The zero-order valence-electron chi connectivity index (χ0n) is 11.6. The number of hydrogen-bond donors (Lipinski definition) is 1. The van der Waals surface area contributed by atoms with E-state index in [1.165, 1.54) is 10.6 Å². The first-order valence-corrected chi connectivity index (χ1v) is 7.56. The van der Waals surface area contributed by atoms with E-state index >= 15 is 0 Å². The van der Waals surface area contributed by atoms with Gasteiger partial charge in [-0.2, -0.15) is 4.31 Å². The van der Waals surface area contributed by atoms with Gasteiger partial charge in [0.25, 0.3) is 0 Å². The third-order valence-electron chi connectivity index (χ3n) is 2.30. The maximum Gasteiger partial charge on any atom is 0.225 e. The van der Waals surface area contributed by atoms with E-state index in [-0.39, 0.29) is 11.9 Å². The van der Waals surface area contributed by atoms with Crippen LogP contribution in [0.1, 0.15) is 34.6 Å². The zero-order valence-corrected chi connectivity index (χ0v) is 12.4. The zero-order chi connectivity index (χ0) is 13.9. The second kappa shape index (κ2) is 5.82. The van der Waals surface area contributed by atoms with Crippen LogP contribution in [0.3, 0.4) is 0 Å². The maximum atomic E-state index is 11.6. The van der Waals surface area contributed by atoms with Gasteiger partial charge in [-0.1, -0.05) is 20.8 Å². The van der Waals surface area contributed by atoms with Gasteiger partial charge in [0.2, 0.25) is 15.9 Å². The molecule has 0 aliphatic carbocycles. The fraction of sp³-hybridized carbons (Fsp3) is 0.909. The Bertz CT molecular complexity index is 355. The van der Waals surface area contributed by atoms with Gasteiger partial charge in [0.15, 0.2) is 0 Å². The standard InChI is InChI=1S/C11H24N2O3S/c1-9(2)13(17(6,15)16)8-7-12-10(14)11(3,4)5/h9H,7-8H2,1-6H3,(H,12,14). The Morgan fingerprint density at radius 3 is 2.06 bits per heavy atom. The number of carbonyl (C=O) groups excluding carboxylic acids is 1. The van der Waals surface area contributed by atoms with Crippen LogP contribution in [-0.2, 0) is 14.8 Å². The Morgan fingerprint density at radius 1 is 1.29 bits per heavy atom. The molecule has 0 aromatic carbocycles. The molecule has 0 aromatic rings. The van der Waals surface area contributed by atoms with Gasteiger partial charge in [-0.15, -0.1) is 0 Å². The molecule has 5 nitrogen and oxygen atoms in total. The molecule has 0 radical (unpaired) electrons. The van der Waals surface area contributed by atoms with E-state index in [1.54, 1.807) is 0 Å². The monoisotopic (exact) mass is 264 g/mol. The van der Waals surface area contributed by atoms with Crippen LogP contribution in [0.25, 0.3) is 0 Å². The van der Waals surface area contributed by atoms with Crippen molar-refractivity contribution >= 4 is 15.9 Å². The quantitative estimate of drug-likeness (QED) is 0.799. The summed E-state index contributed by atoms with van der Waals surface area (Å²) in [6.07, 6.45) is 1.18. The van der Waals surface area contributed by atoms with Crippen LogP contribution in [0.15, 0.2) is 0 Å². The molecule has 6 heteroatoms. The lowest BCUT2D eigenvalue weighted by Gasteiger charge is -2.25. The number of amides is 1. The summed E-state index contributed by atoms with van der Waals surface area (Å²) in [5, 5.41) is 2.74. The summed E-state index contributed by atoms with van der Waals surface area (Å²) in [5.74, 6) is -0.0743. The highest BCUT2D eigenvalue weighted by atomic mass is 32.2. The summed E-state index contributed by atoms with van der Waals surface area (Å²) >= 11 is 0. The Kier molecular flexibility index (Phi) is 5.61. The summed E-state index contributed by atoms with van der Waals surface area (Å²) in [6.45, 7) is 9.72. The molecule has 1 N–H and O–H groups in total. The van der Waals surface area contributed by atoms with Crippen molar-refractivity contribution in [3.63, 3.8) is 0 Å². The van der Waals surface area contributed by atoms with E-state index in [4.69, 9.17) is 0 Å². The van der Waals surface area contributed by atoms with Crippen LogP contribution in [0.4, 0.5) is 0 Å². The molecule has 0 saturated heterocycles. The Morgan fingerprint density at radius 2 is 1.76 bits per heavy atom. The molecular formula is C11H24N2O3S. The molecule has 0 atom stereocenters. The van der Waals surface area contributed by atoms with E-state index in [1.807, 2.05) is 34.6 Å². The lowest BCUT2D eigenvalue weighted by atomic mass is 9.96. The summed E-state index contributed by atoms with van der Waals surface area (Å²) in [6, 6.07) is -0.100. The molecule has 0 saturated carbocycles. The van der Waals surface area contributed by atoms with Crippen molar-refractivity contribution in [2.45, 2.75) is 40.7 Å². The average Bonchev–Trinajstić information content (AvgIpc) is 2.07.